The molecule has 0 aromatic heterocycles. The largest absolute Gasteiger partial charge is 0.497 e. The van der Waals surface area contributed by atoms with E-state index >= 15 is 0 Å². The minimum absolute atomic E-state index is 0.0414. The molecule has 0 spiro atoms. The molecule has 0 fully saturated rings. The van der Waals surface area contributed by atoms with Crippen molar-refractivity contribution < 1.29 is 9.53 Å². The SMILES string of the molecule is COc1cccc(/C=C/NC(=O)Nc2ccccc2C(C)(C)C)c1. The minimum atomic E-state index is -0.272. The molecule has 0 bridgehead atoms. The van der Waals surface area contributed by atoms with Crippen LogP contribution in [-0.2, 0) is 5.41 Å². The summed E-state index contributed by atoms with van der Waals surface area (Å²) in [7, 11) is 1.63. The van der Waals surface area contributed by atoms with E-state index in [1.807, 2.05) is 54.6 Å². The lowest BCUT2D eigenvalue weighted by Crippen LogP contribution is -2.26. The molecule has 2 amide bonds. The predicted molar refractivity (Wildman–Crippen MR) is 99.3 cm³/mol. The van der Waals surface area contributed by atoms with Gasteiger partial charge in [0.05, 0.1) is 7.11 Å². The van der Waals surface area contributed by atoms with Crippen LogP contribution in [0.5, 0.6) is 5.75 Å². The lowest BCUT2D eigenvalue weighted by molar-refractivity contribution is 0.255. The van der Waals surface area contributed by atoms with Crippen LogP contribution in [0.4, 0.5) is 10.5 Å². The summed E-state index contributed by atoms with van der Waals surface area (Å²) in [6.07, 6.45) is 3.43. The van der Waals surface area contributed by atoms with Crippen molar-refractivity contribution in [3.8, 4) is 5.75 Å². The normalized spacial score (nSPS) is 11.3. The average Bonchev–Trinajstić information content (AvgIpc) is 2.54. The highest BCUT2D eigenvalue weighted by Crippen LogP contribution is 2.29. The number of methoxy groups -OCH3 is 1. The van der Waals surface area contributed by atoms with E-state index < -0.39 is 0 Å². The number of carbonyl (C=O) groups excluding carboxylic acids is 1. The van der Waals surface area contributed by atoms with Gasteiger partial charge in [0.15, 0.2) is 0 Å². The summed E-state index contributed by atoms with van der Waals surface area (Å²) in [5.41, 5.74) is 2.82. The number of hydrogen-bond acceptors (Lipinski definition) is 2. The van der Waals surface area contributed by atoms with Crippen molar-refractivity contribution in [3.63, 3.8) is 0 Å². The summed E-state index contributed by atoms with van der Waals surface area (Å²) in [5.74, 6) is 0.778. The Balaban J connectivity index is 2.00. The highest BCUT2D eigenvalue weighted by Gasteiger charge is 2.18. The van der Waals surface area contributed by atoms with Gasteiger partial charge in [-0.2, -0.15) is 0 Å². The number of amides is 2. The van der Waals surface area contributed by atoms with E-state index in [-0.39, 0.29) is 11.4 Å². The van der Waals surface area contributed by atoms with Crippen LogP contribution in [-0.4, -0.2) is 13.1 Å². The van der Waals surface area contributed by atoms with E-state index in [1.165, 1.54) is 0 Å². The second kappa shape index (κ2) is 7.68. The zero-order valence-electron chi connectivity index (χ0n) is 14.6. The number of rotatable bonds is 4. The van der Waals surface area contributed by atoms with Gasteiger partial charge in [0.1, 0.15) is 5.75 Å². The third-order valence-electron chi connectivity index (χ3n) is 3.57. The summed E-state index contributed by atoms with van der Waals surface area (Å²) in [4.78, 5) is 12.1. The number of ether oxygens (including phenoxy) is 1. The fourth-order valence-electron chi connectivity index (χ4n) is 2.36. The van der Waals surface area contributed by atoms with Crippen LogP contribution in [0.15, 0.2) is 54.7 Å². The zero-order valence-corrected chi connectivity index (χ0v) is 14.6. The van der Waals surface area contributed by atoms with Crippen molar-refractivity contribution in [1.82, 2.24) is 5.32 Å². The van der Waals surface area contributed by atoms with Crippen molar-refractivity contribution in [2.75, 3.05) is 12.4 Å². The number of urea groups is 1. The van der Waals surface area contributed by atoms with Gasteiger partial charge >= 0.3 is 6.03 Å². The topological polar surface area (TPSA) is 50.4 Å². The smallest absolute Gasteiger partial charge is 0.323 e. The number of carbonyl (C=O) groups is 1. The maximum Gasteiger partial charge on any atom is 0.323 e. The molecule has 0 aliphatic rings. The van der Waals surface area contributed by atoms with Gasteiger partial charge in [-0.05, 0) is 40.8 Å². The van der Waals surface area contributed by atoms with Crippen molar-refractivity contribution in [2.45, 2.75) is 26.2 Å². The third-order valence-corrected chi connectivity index (χ3v) is 3.57. The lowest BCUT2D eigenvalue weighted by Gasteiger charge is -2.22. The van der Waals surface area contributed by atoms with E-state index in [9.17, 15) is 4.79 Å². The summed E-state index contributed by atoms with van der Waals surface area (Å²) in [6, 6.07) is 15.2. The Morgan fingerprint density at radius 2 is 1.83 bits per heavy atom. The summed E-state index contributed by atoms with van der Waals surface area (Å²) in [5, 5.41) is 5.62. The number of hydrogen-bond donors (Lipinski definition) is 2. The molecule has 2 N–H and O–H groups in total. The maximum absolute atomic E-state index is 12.1. The number of benzene rings is 2. The predicted octanol–water partition coefficient (Wildman–Crippen LogP) is 4.79. The Morgan fingerprint density at radius 1 is 1.08 bits per heavy atom. The molecule has 0 unspecified atom stereocenters. The molecule has 0 atom stereocenters. The van der Waals surface area contributed by atoms with Crippen LogP contribution in [0, 0.1) is 0 Å². The zero-order chi connectivity index (χ0) is 17.6. The molecule has 24 heavy (non-hydrogen) atoms. The third kappa shape index (κ3) is 4.88. The second-order valence-corrected chi connectivity index (χ2v) is 6.50. The summed E-state index contributed by atoms with van der Waals surface area (Å²) < 4.78 is 5.17. The van der Waals surface area contributed by atoms with Crippen molar-refractivity contribution in [1.29, 1.82) is 0 Å². The molecule has 4 nitrogen and oxygen atoms in total. The summed E-state index contributed by atoms with van der Waals surface area (Å²) in [6.45, 7) is 6.36. The van der Waals surface area contributed by atoms with Gasteiger partial charge in [-0.1, -0.05) is 51.1 Å². The van der Waals surface area contributed by atoms with Gasteiger partial charge in [0, 0.05) is 11.9 Å². The van der Waals surface area contributed by atoms with Crippen LogP contribution in [0.3, 0.4) is 0 Å². The maximum atomic E-state index is 12.1. The van der Waals surface area contributed by atoms with Gasteiger partial charge in [0.25, 0.3) is 0 Å². The van der Waals surface area contributed by atoms with Crippen molar-refractivity contribution in [3.05, 3.63) is 65.9 Å². The van der Waals surface area contributed by atoms with E-state index in [0.29, 0.717) is 0 Å². The molecule has 0 saturated heterocycles. The molecule has 2 rings (SSSR count). The average molecular weight is 324 g/mol. The Kier molecular flexibility index (Phi) is 5.64. The van der Waals surface area contributed by atoms with Crippen LogP contribution in [0.25, 0.3) is 6.08 Å². The Hall–Kier alpha value is -2.75. The molecule has 0 aliphatic carbocycles. The number of anilines is 1. The first-order valence-electron chi connectivity index (χ1n) is 7.88. The molecule has 4 heteroatoms. The lowest BCUT2D eigenvalue weighted by atomic mass is 9.86. The van der Waals surface area contributed by atoms with Crippen LogP contribution >= 0.6 is 0 Å². The van der Waals surface area contributed by atoms with Gasteiger partial charge in [0.2, 0.25) is 0 Å². The fraction of sp³-hybridized carbons (Fsp3) is 0.250. The summed E-state index contributed by atoms with van der Waals surface area (Å²) >= 11 is 0. The van der Waals surface area contributed by atoms with Gasteiger partial charge in [-0.15, -0.1) is 0 Å². The van der Waals surface area contributed by atoms with Crippen molar-refractivity contribution in [2.24, 2.45) is 0 Å². The van der Waals surface area contributed by atoms with Gasteiger partial charge in [-0.25, -0.2) is 4.79 Å². The molecule has 0 saturated carbocycles. The van der Waals surface area contributed by atoms with Crippen molar-refractivity contribution >= 4 is 17.8 Å². The minimum Gasteiger partial charge on any atom is -0.497 e. The van der Waals surface area contributed by atoms with Crippen LogP contribution in [0.1, 0.15) is 31.9 Å². The first-order chi connectivity index (χ1) is 11.4. The highest BCUT2D eigenvalue weighted by atomic mass is 16.5. The molecule has 0 aliphatic heterocycles. The Labute approximate surface area is 143 Å². The van der Waals surface area contributed by atoms with Gasteiger partial charge < -0.3 is 15.4 Å². The Bertz CT molecular complexity index is 730. The van der Waals surface area contributed by atoms with E-state index in [2.05, 4.69) is 31.4 Å². The van der Waals surface area contributed by atoms with E-state index in [1.54, 1.807) is 13.3 Å². The van der Waals surface area contributed by atoms with Crippen LogP contribution in [0.2, 0.25) is 0 Å². The molecular weight excluding hydrogens is 300 g/mol. The molecule has 126 valence electrons. The fourth-order valence-corrected chi connectivity index (χ4v) is 2.36. The van der Waals surface area contributed by atoms with E-state index in [4.69, 9.17) is 4.74 Å². The second-order valence-electron chi connectivity index (χ2n) is 6.50. The van der Waals surface area contributed by atoms with E-state index in [0.717, 1.165) is 22.6 Å². The molecule has 0 radical (unpaired) electrons. The molecule has 2 aromatic rings. The molecule has 0 heterocycles. The first kappa shape index (κ1) is 17.6. The molecular formula is C20H24N2O2. The first-order valence-corrected chi connectivity index (χ1v) is 7.88. The van der Waals surface area contributed by atoms with Crippen LogP contribution < -0.4 is 15.4 Å². The van der Waals surface area contributed by atoms with Gasteiger partial charge in [-0.3, -0.25) is 0 Å². The quantitative estimate of drug-likeness (QED) is 0.850. The number of nitrogens with one attached hydrogen (secondary N) is 2. The number of para-hydroxylation sites is 1. The highest BCUT2D eigenvalue weighted by molar-refractivity contribution is 5.91. The monoisotopic (exact) mass is 324 g/mol. The molecule has 2 aromatic carbocycles. The standard InChI is InChI=1S/C20H24N2O2/c1-20(2,3)17-10-5-6-11-18(17)22-19(23)21-13-12-15-8-7-9-16(14-15)24-4/h5-14H,1-4H3,(H2,21,22,23)/b13-12+. The Morgan fingerprint density at radius 3 is 2.54 bits per heavy atom.